The summed E-state index contributed by atoms with van der Waals surface area (Å²) >= 11 is 0. The second-order valence-corrected chi connectivity index (χ2v) is 4.59. The van der Waals surface area contributed by atoms with E-state index in [0.717, 1.165) is 5.56 Å². The third kappa shape index (κ3) is 1.23. The largest absolute Gasteiger partial charge is 0.327 e. The van der Waals surface area contributed by atoms with Crippen LogP contribution in [0.4, 0.5) is 0 Å². The highest BCUT2D eigenvalue weighted by atomic mass is 14.8. The van der Waals surface area contributed by atoms with Crippen LogP contribution in [0.5, 0.6) is 0 Å². The topological polar surface area (TPSA) is 26.0 Å². The molecular weight excluding hydrogens is 170 g/mol. The monoisotopic (exact) mass is 185 g/mol. The summed E-state index contributed by atoms with van der Waals surface area (Å²) in [5.41, 5.74) is 8.49. The van der Waals surface area contributed by atoms with Gasteiger partial charge >= 0.3 is 0 Å². The minimum Gasteiger partial charge on any atom is -0.327 e. The van der Waals surface area contributed by atoms with Gasteiger partial charge in [-0.3, -0.25) is 0 Å². The van der Waals surface area contributed by atoms with E-state index < -0.39 is 0 Å². The van der Waals surface area contributed by atoms with Gasteiger partial charge in [0.1, 0.15) is 0 Å². The minimum atomic E-state index is 0.248. The van der Waals surface area contributed by atoms with Crippen molar-refractivity contribution in [1.29, 1.82) is 0 Å². The van der Waals surface area contributed by atoms with Crippen molar-refractivity contribution in [2.75, 3.05) is 0 Å². The fourth-order valence-electron chi connectivity index (χ4n) is 2.10. The first-order valence-corrected chi connectivity index (χ1v) is 4.89. The SMILES string of the molecule is C#Cc1ccc([C@H]2[C@H](N)C2(C)C)cc1. The minimum absolute atomic E-state index is 0.248. The smallest absolute Gasteiger partial charge is 0.0242 e. The van der Waals surface area contributed by atoms with Crippen LogP contribution >= 0.6 is 0 Å². The average Bonchev–Trinajstić information content (AvgIpc) is 2.67. The highest BCUT2D eigenvalue weighted by molar-refractivity contribution is 5.40. The van der Waals surface area contributed by atoms with Crippen molar-refractivity contribution in [3.8, 4) is 12.3 Å². The summed E-state index contributed by atoms with van der Waals surface area (Å²) in [5, 5.41) is 0. The first kappa shape index (κ1) is 9.30. The molecule has 0 saturated heterocycles. The second kappa shape index (κ2) is 2.87. The molecule has 14 heavy (non-hydrogen) atoms. The van der Waals surface area contributed by atoms with Gasteiger partial charge in [-0.15, -0.1) is 6.42 Å². The fraction of sp³-hybridized carbons (Fsp3) is 0.385. The van der Waals surface area contributed by atoms with Crippen LogP contribution in [0.2, 0.25) is 0 Å². The predicted octanol–water partition coefficient (Wildman–Crippen LogP) is 2.12. The first-order chi connectivity index (χ1) is 6.57. The highest BCUT2D eigenvalue weighted by Crippen LogP contribution is 2.57. The summed E-state index contributed by atoms with van der Waals surface area (Å²) in [6, 6.07) is 8.44. The fourth-order valence-corrected chi connectivity index (χ4v) is 2.10. The Morgan fingerprint density at radius 1 is 1.29 bits per heavy atom. The molecule has 1 aliphatic carbocycles. The Morgan fingerprint density at radius 2 is 1.79 bits per heavy atom. The maximum absolute atomic E-state index is 6.01. The van der Waals surface area contributed by atoms with Crippen LogP contribution < -0.4 is 5.73 Å². The number of hydrogen-bond acceptors (Lipinski definition) is 1. The van der Waals surface area contributed by atoms with Gasteiger partial charge in [0.15, 0.2) is 0 Å². The van der Waals surface area contributed by atoms with Gasteiger partial charge in [0.05, 0.1) is 0 Å². The standard InChI is InChI=1S/C13H15N/c1-4-9-5-7-10(8-6-9)11-12(14)13(11,2)3/h1,5-8,11-12H,14H2,2-3H3/t11-,12-/m0/s1. The summed E-state index contributed by atoms with van der Waals surface area (Å²) in [5.74, 6) is 3.11. The van der Waals surface area contributed by atoms with E-state index in [0.29, 0.717) is 12.0 Å². The zero-order valence-electron chi connectivity index (χ0n) is 8.62. The summed E-state index contributed by atoms with van der Waals surface area (Å²) in [4.78, 5) is 0. The molecule has 0 amide bonds. The van der Waals surface area contributed by atoms with Gasteiger partial charge < -0.3 is 5.73 Å². The quantitative estimate of drug-likeness (QED) is 0.666. The molecule has 0 heterocycles. The lowest BCUT2D eigenvalue weighted by molar-refractivity contribution is 0.599. The molecule has 0 radical (unpaired) electrons. The molecular formula is C13H15N. The van der Waals surface area contributed by atoms with Crippen LogP contribution in [0.25, 0.3) is 0 Å². The van der Waals surface area contributed by atoms with Crippen molar-refractivity contribution in [1.82, 2.24) is 0 Å². The summed E-state index contributed by atoms with van der Waals surface area (Å²) in [7, 11) is 0. The molecule has 72 valence electrons. The lowest BCUT2D eigenvalue weighted by atomic mass is 10.0. The molecule has 1 fully saturated rings. The van der Waals surface area contributed by atoms with Gasteiger partial charge in [0.25, 0.3) is 0 Å². The maximum Gasteiger partial charge on any atom is 0.0242 e. The van der Waals surface area contributed by atoms with Gasteiger partial charge in [-0.05, 0) is 23.1 Å². The Morgan fingerprint density at radius 3 is 2.14 bits per heavy atom. The van der Waals surface area contributed by atoms with Gasteiger partial charge in [-0.2, -0.15) is 0 Å². The molecule has 1 aromatic carbocycles. The number of nitrogens with two attached hydrogens (primary N) is 1. The van der Waals surface area contributed by atoms with Gasteiger partial charge in [-0.1, -0.05) is 31.9 Å². The van der Waals surface area contributed by atoms with Crippen LogP contribution in [0, 0.1) is 17.8 Å². The van der Waals surface area contributed by atoms with E-state index in [4.69, 9.17) is 12.2 Å². The Balaban J connectivity index is 2.25. The molecule has 0 aliphatic heterocycles. The van der Waals surface area contributed by atoms with E-state index in [1.54, 1.807) is 0 Å². The molecule has 0 spiro atoms. The summed E-state index contributed by atoms with van der Waals surface area (Å²) < 4.78 is 0. The lowest BCUT2D eigenvalue weighted by Crippen LogP contribution is -2.06. The average molecular weight is 185 g/mol. The molecule has 1 heteroatoms. The zero-order chi connectivity index (χ0) is 10.3. The van der Waals surface area contributed by atoms with Crippen molar-refractivity contribution in [3.63, 3.8) is 0 Å². The predicted molar refractivity (Wildman–Crippen MR) is 58.9 cm³/mol. The van der Waals surface area contributed by atoms with E-state index in [1.165, 1.54) is 5.56 Å². The maximum atomic E-state index is 6.01. The highest BCUT2D eigenvalue weighted by Gasteiger charge is 2.55. The van der Waals surface area contributed by atoms with Crippen LogP contribution in [0.15, 0.2) is 24.3 Å². The van der Waals surface area contributed by atoms with Crippen molar-refractivity contribution in [2.45, 2.75) is 25.8 Å². The Hall–Kier alpha value is -1.26. The van der Waals surface area contributed by atoms with E-state index in [1.807, 2.05) is 12.1 Å². The summed E-state index contributed by atoms with van der Waals surface area (Å²) in [6.45, 7) is 4.41. The first-order valence-electron chi connectivity index (χ1n) is 4.89. The Labute approximate surface area is 85.3 Å². The van der Waals surface area contributed by atoms with Crippen LogP contribution in [-0.2, 0) is 0 Å². The number of hydrogen-bond donors (Lipinski definition) is 1. The van der Waals surface area contributed by atoms with E-state index >= 15 is 0 Å². The molecule has 1 saturated carbocycles. The van der Waals surface area contributed by atoms with Crippen molar-refractivity contribution in [2.24, 2.45) is 11.1 Å². The number of benzene rings is 1. The molecule has 0 unspecified atom stereocenters. The van der Waals surface area contributed by atoms with Crippen molar-refractivity contribution in [3.05, 3.63) is 35.4 Å². The van der Waals surface area contributed by atoms with Gasteiger partial charge in [-0.25, -0.2) is 0 Å². The Kier molecular flexibility index (Phi) is 1.90. The van der Waals surface area contributed by atoms with Crippen LogP contribution in [-0.4, -0.2) is 6.04 Å². The number of terminal acetylenes is 1. The molecule has 0 aromatic heterocycles. The van der Waals surface area contributed by atoms with Gasteiger partial charge in [0, 0.05) is 17.5 Å². The molecule has 1 aromatic rings. The van der Waals surface area contributed by atoms with Crippen molar-refractivity contribution < 1.29 is 0 Å². The van der Waals surface area contributed by atoms with E-state index in [9.17, 15) is 0 Å². The normalized spacial score (nSPS) is 28.1. The van der Waals surface area contributed by atoms with Crippen molar-refractivity contribution >= 4 is 0 Å². The third-order valence-electron chi connectivity index (χ3n) is 3.35. The van der Waals surface area contributed by atoms with Crippen LogP contribution in [0.1, 0.15) is 30.9 Å². The molecule has 2 rings (SSSR count). The third-order valence-corrected chi connectivity index (χ3v) is 3.35. The van der Waals surface area contributed by atoms with Crippen LogP contribution in [0.3, 0.4) is 0 Å². The zero-order valence-corrected chi connectivity index (χ0v) is 8.62. The van der Waals surface area contributed by atoms with Gasteiger partial charge in [0.2, 0.25) is 0 Å². The molecule has 0 bridgehead atoms. The second-order valence-electron chi connectivity index (χ2n) is 4.59. The molecule has 1 aliphatic rings. The lowest BCUT2D eigenvalue weighted by Gasteiger charge is -2.02. The molecule has 1 nitrogen and oxygen atoms in total. The van der Waals surface area contributed by atoms with E-state index in [2.05, 4.69) is 31.9 Å². The molecule has 2 atom stereocenters. The Bertz CT molecular complexity index is 381. The number of rotatable bonds is 1. The molecule has 2 N–H and O–H groups in total. The van der Waals surface area contributed by atoms with E-state index in [-0.39, 0.29) is 5.41 Å². The summed E-state index contributed by atoms with van der Waals surface area (Å²) in [6.07, 6.45) is 5.30.